The largest absolute Gasteiger partial charge is 0.377 e. The molecular weight excluding hydrogens is 360 g/mol. The maximum atomic E-state index is 10.2. The molecule has 0 aliphatic carbocycles. The van der Waals surface area contributed by atoms with Gasteiger partial charge in [-0.25, -0.2) is 9.78 Å². The summed E-state index contributed by atoms with van der Waals surface area (Å²) in [4.78, 5) is 10.9. The van der Waals surface area contributed by atoms with Crippen LogP contribution < -0.4 is 0 Å². The second-order valence-corrected chi connectivity index (χ2v) is 7.99. The van der Waals surface area contributed by atoms with E-state index in [1.807, 2.05) is 63.2 Å². The van der Waals surface area contributed by atoms with Crippen LogP contribution in [-0.2, 0) is 9.78 Å². The highest BCUT2D eigenvalue weighted by molar-refractivity contribution is 6.48. The molecule has 144 valence electrons. The van der Waals surface area contributed by atoms with Gasteiger partial charge in [0.15, 0.2) is 5.60 Å². The average Bonchev–Trinajstić information content (AvgIpc) is 2.65. The summed E-state index contributed by atoms with van der Waals surface area (Å²) in [5, 5.41) is 12.9. The molecule has 0 saturated heterocycles. The van der Waals surface area contributed by atoms with E-state index < -0.39 is 17.3 Å². The first kappa shape index (κ1) is 21.5. The number of fused-ring (bicyclic) bond motifs is 1. The highest BCUT2D eigenvalue weighted by Gasteiger charge is 2.23. The van der Waals surface area contributed by atoms with Crippen molar-refractivity contribution in [2.45, 2.75) is 58.3 Å². The molecule has 2 aromatic rings. The Kier molecular flexibility index (Phi) is 7.08. The highest BCUT2D eigenvalue weighted by atomic mass is 35.5. The van der Waals surface area contributed by atoms with E-state index >= 15 is 0 Å². The van der Waals surface area contributed by atoms with Crippen molar-refractivity contribution in [3.63, 3.8) is 0 Å². The lowest BCUT2D eigenvalue weighted by atomic mass is 10.1. The number of hydrogen-bond donors (Lipinski definition) is 1. The molecule has 0 bridgehead atoms. The Balaban J connectivity index is 2.08. The zero-order chi connectivity index (χ0) is 20.1. The summed E-state index contributed by atoms with van der Waals surface area (Å²) in [5.41, 5.74) is -0.409. The van der Waals surface area contributed by atoms with Crippen molar-refractivity contribution < 1.29 is 14.9 Å². The Labute approximate surface area is 166 Å². The lowest BCUT2D eigenvalue weighted by Crippen LogP contribution is -2.31. The van der Waals surface area contributed by atoms with E-state index in [2.05, 4.69) is 11.8 Å². The van der Waals surface area contributed by atoms with Crippen molar-refractivity contribution in [2.24, 2.45) is 0 Å². The second-order valence-electron chi connectivity index (χ2n) is 7.58. The van der Waals surface area contributed by atoms with Crippen LogP contribution in [0, 0.1) is 11.8 Å². The van der Waals surface area contributed by atoms with Gasteiger partial charge in [0.25, 0.3) is 0 Å². The Morgan fingerprint density at radius 2 is 1.78 bits per heavy atom. The van der Waals surface area contributed by atoms with Crippen molar-refractivity contribution in [1.82, 2.24) is 0 Å². The predicted molar refractivity (Wildman–Crippen MR) is 112 cm³/mol. The molecule has 0 spiro atoms. The molecule has 0 aliphatic rings. The van der Waals surface area contributed by atoms with Crippen LogP contribution in [0.25, 0.3) is 15.8 Å². The van der Waals surface area contributed by atoms with Gasteiger partial charge in [0.05, 0.1) is 5.60 Å². The van der Waals surface area contributed by atoms with Gasteiger partial charge < -0.3 is 5.11 Å². The van der Waals surface area contributed by atoms with E-state index in [0.29, 0.717) is 5.03 Å². The molecule has 0 fully saturated rings. The van der Waals surface area contributed by atoms with E-state index in [0.717, 1.165) is 22.8 Å². The molecule has 2 rings (SSSR count). The van der Waals surface area contributed by atoms with Crippen molar-refractivity contribution in [3.05, 3.63) is 54.1 Å². The van der Waals surface area contributed by atoms with Crippen LogP contribution in [0.3, 0.4) is 0 Å². The standard InChI is InChI=1S/C23H27ClO3/c1-6-22(2,3)26-27-23(4,5)14-13-20(25)16-21(24)19-12-11-17-9-7-8-10-18(17)15-19/h7-12,15-16,20,25H,6H2,1-5H3. The van der Waals surface area contributed by atoms with E-state index in [1.165, 1.54) is 6.08 Å². The van der Waals surface area contributed by atoms with Gasteiger partial charge in [-0.2, -0.15) is 0 Å². The first-order valence-corrected chi connectivity index (χ1v) is 9.44. The molecule has 1 unspecified atom stereocenters. The average molecular weight is 387 g/mol. The lowest BCUT2D eigenvalue weighted by molar-refractivity contribution is -0.388. The molecule has 0 aromatic heterocycles. The smallest absolute Gasteiger partial charge is 0.158 e. The molecule has 1 atom stereocenters. The minimum atomic E-state index is -1.01. The summed E-state index contributed by atoms with van der Waals surface area (Å²) in [5.74, 6) is 5.65. The lowest BCUT2D eigenvalue weighted by Gasteiger charge is -2.26. The maximum absolute atomic E-state index is 10.2. The molecule has 0 amide bonds. The SMILES string of the molecule is CCC(C)(C)OOC(C)(C)C#CC(O)C=C(Cl)c1ccc2ccccc2c1. The Bertz CT molecular complexity index is 872. The minimum Gasteiger partial charge on any atom is -0.377 e. The van der Waals surface area contributed by atoms with Gasteiger partial charge in [0.1, 0.15) is 6.10 Å². The molecule has 2 aromatic carbocycles. The fraction of sp³-hybridized carbons (Fsp3) is 0.391. The van der Waals surface area contributed by atoms with Gasteiger partial charge >= 0.3 is 0 Å². The predicted octanol–water partition coefficient (Wildman–Crippen LogP) is 5.70. The molecular formula is C23H27ClO3. The normalized spacial score (nSPS) is 14.0. The third-order valence-electron chi connectivity index (χ3n) is 4.18. The van der Waals surface area contributed by atoms with Crippen molar-refractivity contribution in [1.29, 1.82) is 0 Å². The van der Waals surface area contributed by atoms with E-state index in [9.17, 15) is 5.11 Å². The fourth-order valence-corrected chi connectivity index (χ4v) is 2.40. The third kappa shape index (κ3) is 6.68. The van der Waals surface area contributed by atoms with Gasteiger partial charge in [0, 0.05) is 5.03 Å². The van der Waals surface area contributed by atoms with Crippen molar-refractivity contribution >= 4 is 27.4 Å². The van der Waals surface area contributed by atoms with Crippen LogP contribution >= 0.6 is 11.6 Å². The Hall–Kier alpha value is -1.83. The maximum Gasteiger partial charge on any atom is 0.158 e. The Morgan fingerprint density at radius 1 is 1.11 bits per heavy atom. The van der Waals surface area contributed by atoms with E-state index in [-0.39, 0.29) is 0 Å². The Morgan fingerprint density at radius 3 is 2.44 bits per heavy atom. The first-order chi connectivity index (χ1) is 12.6. The van der Waals surface area contributed by atoms with Gasteiger partial charge in [-0.1, -0.05) is 66.8 Å². The van der Waals surface area contributed by atoms with Crippen LogP contribution in [0.4, 0.5) is 0 Å². The number of aliphatic hydroxyl groups excluding tert-OH is 1. The topological polar surface area (TPSA) is 38.7 Å². The molecule has 0 saturated carbocycles. The molecule has 0 aliphatic heterocycles. The van der Waals surface area contributed by atoms with Crippen LogP contribution in [0.5, 0.6) is 0 Å². The first-order valence-electron chi connectivity index (χ1n) is 9.06. The monoisotopic (exact) mass is 386 g/mol. The minimum absolute atomic E-state index is 0.392. The number of hydrogen-bond acceptors (Lipinski definition) is 3. The highest BCUT2D eigenvalue weighted by Crippen LogP contribution is 2.24. The molecule has 3 nitrogen and oxygen atoms in total. The third-order valence-corrected chi connectivity index (χ3v) is 4.52. The van der Waals surface area contributed by atoms with Gasteiger partial charge in [0.2, 0.25) is 0 Å². The molecule has 1 N–H and O–H groups in total. The summed E-state index contributed by atoms with van der Waals surface area (Å²) in [7, 11) is 0. The zero-order valence-corrected chi connectivity index (χ0v) is 17.3. The summed E-state index contributed by atoms with van der Waals surface area (Å²) >= 11 is 6.37. The summed E-state index contributed by atoms with van der Waals surface area (Å²) in [6.07, 6.45) is 1.32. The second kappa shape index (κ2) is 8.91. The van der Waals surface area contributed by atoms with Gasteiger partial charge in [-0.05, 0) is 62.6 Å². The van der Waals surface area contributed by atoms with Crippen LogP contribution in [0.1, 0.15) is 46.6 Å². The molecule has 4 heteroatoms. The molecule has 0 heterocycles. The van der Waals surface area contributed by atoms with E-state index in [4.69, 9.17) is 21.4 Å². The van der Waals surface area contributed by atoms with Crippen molar-refractivity contribution in [3.8, 4) is 11.8 Å². The van der Waals surface area contributed by atoms with Gasteiger partial charge in [-0.3, -0.25) is 0 Å². The number of benzene rings is 2. The number of halogens is 1. The quantitative estimate of drug-likeness (QED) is 0.393. The van der Waals surface area contributed by atoms with Crippen LogP contribution in [0.2, 0.25) is 0 Å². The zero-order valence-electron chi connectivity index (χ0n) is 16.5. The summed E-state index contributed by atoms with van der Waals surface area (Å²) < 4.78 is 0. The number of rotatable bonds is 6. The van der Waals surface area contributed by atoms with Gasteiger partial charge in [-0.15, -0.1) is 0 Å². The summed E-state index contributed by atoms with van der Waals surface area (Å²) in [6.45, 7) is 9.47. The summed E-state index contributed by atoms with van der Waals surface area (Å²) in [6, 6.07) is 14.0. The van der Waals surface area contributed by atoms with Crippen molar-refractivity contribution in [2.75, 3.05) is 0 Å². The fourth-order valence-electron chi connectivity index (χ4n) is 2.16. The molecule has 0 radical (unpaired) electrons. The molecule has 27 heavy (non-hydrogen) atoms. The van der Waals surface area contributed by atoms with E-state index in [1.54, 1.807) is 13.8 Å². The van der Waals surface area contributed by atoms with Crippen LogP contribution in [-0.4, -0.2) is 22.4 Å². The van der Waals surface area contributed by atoms with Crippen LogP contribution in [0.15, 0.2) is 48.5 Å². The number of aliphatic hydroxyl groups is 1.